The van der Waals surface area contributed by atoms with Crippen LogP contribution < -0.4 is 11.1 Å². The van der Waals surface area contributed by atoms with Crippen molar-refractivity contribution in [1.29, 1.82) is 0 Å². The van der Waals surface area contributed by atoms with Gasteiger partial charge >= 0.3 is 17.7 Å². The molecule has 28 heavy (non-hydrogen) atoms. The number of carbonyl (C=O) groups is 3. The lowest BCUT2D eigenvalue weighted by atomic mass is 10.0. The summed E-state index contributed by atoms with van der Waals surface area (Å²) in [6, 6.07) is 6.06. The van der Waals surface area contributed by atoms with Crippen molar-refractivity contribution in [3.8, 4) is 0 Å². The Kier molecular flexibility index (Phi) is 7.36. The van der Waals surface area contributed by atoms with Crippen molar-refractivity contribution in [1.82, 2.24) is 9.88 Å². The zero-order valence-corrected chi connectivity index (χ0v) is 16.1. The number of aryl methyl sites for hydroxylation is 1. The van der Waals surface area contributed by atoms with E-state index in [1.54, 1.807) is 24.3 Å². The average molecular weight is 392 g/mol. The Bertz CT molecular complexity index is 897. The molecule has 1 N–H and O–H groups in total. The molecule has 1 aromatic carbocycles. The number of hydrogen-bond donors (Lipinski definition) is 1. The lowest BCUT2D eigenvalue weighted by Gasteiger charge is -2.18. The van der Waals surface area contributed by atoms with Crippen LogP contribution in [-0.2, 0) is 30.4 Å². The molecule has 2 rings (SSSR count). The van der Waals surface area contributed by atoms with Crippen LogP contribution in [0.3, 0.4) is 0 Å². The largest absolute Gasteiger partial charge is 0.467 e. The van der Waals surface area contributed by atoms with Gasteiger partial charge in [0.1, 0.15) is 6.04 Å². The number of methoxy groups -OCH3 is 1. The van der Waals surface area contributed by atoms with Gasteiger partial charge in [0.25, 0.3) is 5.91 Å². The Labute approximate surface area is 161 Å². The molecule has 0 bridgehead atoms. The minimum absolute atomic E-state index is 0.0639. The molecule has 1 atom stereocenters. The van der Waals surface area contributed by atoms with Crippen LogP contribution in [0.4, 0.5) is 0 Å². The molecule has 0 saturated carbocycles. The molecule has 0 fully saturated rings. The molecule has 9 nitrogen and oxygen atoms in total. The number of rotatable bonds is 9. The first-order valence-corrected chi connectivity index (χ1v) is 8.93. The van der Waals surface area contributed by atoms with Gasteiger partial charge in [-0.05, 0) is 24.5 Å². The summed E-state index contributed by atoms with van der Waals surface area (Å²) in [4.78, 5) is 47.4. The number of aromatic nitrogens is 1. The van der Waals surface area contributed by atoms with Crippen LogP contribution in [0.2, 0.25) is 0 Å². The van der Waals surface area contributed by atoms with E-state index in [1.807, 2.05) is 13.8 Å². The molecular weight excluding hydrogens is 368 g/mol. The van der Waals surface area contributed by atoms with Crippen LogP contribution in [0.15, 0.2) is 33.5 Å². The van der Waals surface area contributed by atoms with Gasteiger partial charge in [0.05, 0.1) is 19.0 Å². The summed E-state index contributed by atoms with van der Waals surface area (Å²) < 4.78 is 16.0. The topological polar surface area (TPSA) is 117 Å². The Balaban J connectivity index is 1.84. The first-order chi connectivity index (χ1) is 13.3. The highest BCUT2D eigenvalue weighted by atomic mass is 16.5. The number of nitrogens with zero attached hydrogens (tertiary/aromatic N) is 1. The summed E-state index contributed by atoms with van der Waals surface area (Å²) in [5, 5.41) is 2.50. The number of benzene rings is 1. The zero-order chi connectivity index (χ0) is 20.7. The lowest BCUT2D eigenvalue weighted by molar-refractivity contribution is -0.150. The molecule has 1 amide bonds. The van der Waals surface area contributed by atoms with E-state index >= 15 is 0 Å². The molecule has 9 heteroatoms. The smallest absolute Gasteiger partial charge is 0.419 e. The first kappa shape index (κ1) is 21.2. The van der Waals surface area contributed by atoms with Crippen molar-refractivity contribution >= 4 is 28.9 Å². The fourth-order valence-electron chi connectivity index (χ4n) is 2.71. The van der Waals surface area contributed by atoms with E-state index in [2.05, 4.69) is 10.1 Å². The van der Waals surface area contributed by atoms with Gasteiger partial charge in [-0.1, -0.05) is 26.0 Å². The van der Waals surface area contributed by atoms with E-state index in [0.29, 0.717) is 17.5 Å². The maximum absolute atomic E-state index is 12.0. The van der Waals surface area contributed by atoms with Crippen molar-refractivity contribution in [2.75, 3.05) is 13.7 Å². The van der Waals surface area contributed by atoms with Crippen LogP contribution >= 0.6 is 0 Å². The minimum atomic E-state index is -0.799. The summed E-state index contributed by atoms with van der Waals surface area (Å²) in [5.74, 6) is -2.21. The number of fused-ring (bicyclic) bond motifs is 1. The molecule has 1 aromatic heterocycles. The number of amides is 1. The van der Waals surface area contributed by atoms with Crippen molar-refractivity contribution in [3.63, 3.8) is 0 Å². The minimum Gasteiger partial charge on any atom is -0.467 e. The van der Waals surface area contributed by atoms with Crippen molar-refractivity contribution < 1.29 is 28.3 Å². The number of carbonyl (C=O) groups excluding carboxylic acids is 3. The average Bonchev–Trinajstić information content (AvgIpc) is 2.98. The van der Waals surface area contributed by atoms with Gasteiger partial charge in [-0.15, -0.1) is 0 Å². The predicted molar refractivity (Wildman–Crippen MR) is 99.5 cm³/mol. The van der Waals surface area contributed by atoms with Gasteiger partial charge in [0.15, 0.2) is 12.2 Å². The lowest BCUT2D eigenvalue weighted by Crippen LogP contribution is -2.44. The summed E-state index contributed by atoms with van der Waals surface area (Å²) in [7, 11) is 1.24. The van der Waals surface area contributed by atoms with E-state index in [1.165, 1.54) is 11.7 Å². The summed E-state index contributed by atoms with van der Waals surface area (Å²) in [6.45, 7) is 3.35. The SMILES string of the molecule is COC(=O)C(CC(C)C)NC(=O)COC(=O)CCn1c(=O)oc2ccccc21. The van der Waals surface area contributed by atoms with Crippen LogP contribution in [0.1, 0.15) is 26.7 Å². The second kappa shape index (κ2) is 9.72. The molecule has 152 valence electrons. The number of hydrogen-bond acceptors (Lipinski definition) is 7. The van der Waals surface area contributed by atoms with Gasteiger partial charge in [-0.2, -0.15) is 0 Å². The van der Waals surface area contributed by atoms with Crippen molar-refractivity contribution in [2.45, 2.75) is 39.3 Å². The highest BCUT2D eigenvalue weighted by Gasteiger charge is 2.23. The number of oxazole rings is 1. The fourth-order valence-corrected chi connectivity index (χ4v) is 2.71. The number of nitrogens with one attached hydrogen (secondary N) is 1. The van der Waals surface area contributed by atoms with Gasteiger partial charge < -0.3 is 19.2 Å². The highest BCUT2D eigenvalue weighted by Crippen LogP contribution is 2.12. The fraction of sp³-hybridized carbons (Fsp3) is 0.474. The third-order valence-electron chi connectivity index (χ3n) is 4.01. The monoisotopic (exact) mass is 392 g/mol. The zero-order valence-electron chi connectivity index (χ0n) is 16.1. The van der Waals surface area contributed by atoms with Crippen LogP contribution in [0.25, 0.3) is 11.1 Å². The van der Waals surface area contributed by atoms with Gasteiger partial charge in [0, 0.05) is 6.54 Å². The van der Waals surface area contributed by atoms with Crippen molar-refractivity contribution in [3.05, 3.63) is 34.8 Å². The predicted octanol–water partition coefficient (Wildman–Crippen LogP) is 1.23. The first-order valence-electron chi connectivity index (χ1n) is 8.93. The molecule has 0 spiro atoms. The van der Waals surface area contributed by atoms with Crippen LogP contribution in [0.5, 0.6) is 0 Å². The standard InChI is InChI=1S/C19H24N2O7/c1-12(2)10-13(18(24)26-3)20-16(22)11-27-17(23)8-9-21-14-6-4-5-7-15(14)28-19(21)25/h4-7,12-13H,8-11H2,1-3H3,(H,20,22). The Morgan fingerprint density at radius 1 is 1.21 bits per heavy atom. The van der Waals surface area contributed by atoms with E-state index < -0.39 is 36.3 Å². The summed E-state index contributed by atoms with van der Waals surface area (Å²) in [5.41, 5.74) is 1.01. The van der Waals surface area contributed by atoms with E-state index in [4.69, 9.17) is 9.15 Å². The quantitative estimate of drug-likeness (QED) is 0.638. The summed E-state index contributed by atoms with van der Waals surface area (Å²) >= 11 is 0. The maximum atomic E-state index is 12.0. The maximum Gasteiger partial charge on any atom is 0.419 e. The second-order valence-corrected chi connectivity index (χ2v) is 6.67. The van der Waals surface area contributed by atoms with Crippen LogP contribution in [0, 0.1) is 5.92 Å². The van der Waals surface area contributed by atoms with E-state index in [0.717, 1.165) is 0 Å². The number of esters is 2. The number of para-hydroxylation sites is 2. The molecule has 1 unspecified atom stereocenters. The second-order valence-electron chi connectivity index (χ2n) is 6.67. The van der Waals surface area contributed by atoms with E-state index in [-0.39, 0.29) is 18.9 Å². The van der Waals surface area contributed by atoms with Gasteiger partial charge in [-0.25, -0.2) is 9.59 Å². The third kappa shape index (κ3) is 5.70. The number of ether oxygens (including phenoxy) is 2. The molecular formula is C19H24N2O7. The molecule has 0 aliphatic rings. The molecule has 0 radical (unpaired) electrons. The normalized spacial score (nSPS) is 12.0. The molecule has 1 heterocycles. The van der Waals surface area contributed by atoms with Gasteiger partial charge in [-0.3, -0.25) is 14.2 Å². The highest BCUT2D eigenvalue weighted by molar-refractivity contribution is 5.86. The Hall–Kier alpha value is -3.10. The summed E-state index contributed by atoms with van der Waals surface area (Å²) in [6.07, 6.45) is 0.298. The molecule has 2 aromatic rings. The van der Waals surface area contributed by atoms with Gasteiger partial charge in [0.2, 0.25) is 0 Å². The molecule has 0 aliphatic heterocycles. The molecule has 0 aliphatic carbocycles. The molecule has 0 saturated heterocycles. The Morgan fingerprint density at radius 2 is 1.93 bits per heavy atom. The Morgan fingerprint density at radius 3 is 2.61 bits per heavy atom. The third-order valence-corrected chi connectivity index (χ3v) is 4.01. The van der Waals surface area contributed by atoms with Crippen LogP contribution in [-0.4, -0.2) is 42.2 Å². The van der Waals surface area contributed by atoms with Crippen molar-refractivity contribution in [2.24, 2.45) is 5.92 Å². The van der Waals surface area contributed by atoms with E-state index in [9.17, 15) is 19.2 Å².